The van der Waals surface area contributed by atoms with Gasteiger partial charge in [0, 0.05) is 17.3 Å². The van der Waals surface area contributed by atoms with Gasteiger partial charge >= 0.3 is 0 Å². The smallest absolute Gasteiger partial charge is 0.179 e. The molecule has 90 valence electrons. The molecule has 0 spiro atoms. The molecule has 0 N–H and O–H groups in total. The number of hydrogen-bond acceptors (Lipinski definition) is 6. The SMILES string of the molecule is Cc1nc(Sc2ccc3nccnc3n2)sc1C. The van der Waals surface area contributed by atoms with Crippen molar-refractivity contribution in [1.29, 1.82) is 0 Å². The van der Waals surface area contributed by atoms with Gasteiger partial charge in [0.2, 0.25) is 0 Å². The zero-order chi connectivity index (χ0) is 12.5. The highest BCUT2D eigenvalue weighted by molar-refractivity contribution is 8.01. The number of pyridine rings is 1. The van der Waals surface area contributed by atoms with Crippen molar-refractivity contribution in [3.05, 3.63) is 35.1 Å². The third-order valence-electron chi connectivity index (χ3n) is 2.51. The molecule has 3 heterocycles. The van der Waals surface area contributed by atoms with Crippen molar-refractivity contribution in [2.75, 3.05) is 0 Å². The summed E-state index contributed by atoms with van der Waals surface area (Å²) in [5.74, 6) is 0. The Hall–Kier alpha value is -1.53. The van der Waals surface area contributed by atoms with E-state index < -0.39 is 0 Å². The molecule has 0 aliphatic rings. The van der Waals surface area contributed by atoms with Gasteiger partial charge in [0.25, 0.3) is 0 Å². The third kappa shape index (κ3) is 2.21. The van der Waals surface area contributed by atoms with E-state index in [-0.39, 0.29) is 0 Å². The summed E-state index contributed by atoms with van der Waals surface area (Å²) in [6.45, 7) is 4.10. The summed E-state index contributed by atoms with van der Waals surface area (Å²) >= 11 is 3.26. The minimum absolute atomic E-state index is 0.674. The van der Waals surface area contributed by atoms with Gasteiger partial charge in [-0.2, -0.15) is 0 Å². The van der Waals surface area contributed by atoms with Crippen LogP contribution in [0.15, 0.2) is 33.9 Å². The highest BCUT2D eigenvalue weighted by Gasteiger charge is 2.07. The van der Waals surface area contributed by atoms with Crippen molar-refractivity contribution >= 4 is 34.3 Å². The van der Waals surface area contributed by atoms with Gasteiger partial charge in [-0.05, 0) is 37.7 Å². The van der Waals surface area contributed by atoms with E-state index in [1.54, 1.807) is 35.5 Å². The lowest BCUT2D eigenvalue weighted by Crippen LogP contribution is -1.87. The number of aryl methyl sites for hydroxylation is 2. The Bertz CT molecular complexity index is 689. The predicted octanol–water partition coefficient (Wildman–Crippen LogP) is 3.25. The van der Waals surface area contributed by atoms with Crippen LogP contribution in [-0.4, -0.2) is 19.9 Å². The molecule has 6 heteroatoms. The van der Waals surface area contributed by atoms with Crippen LogP contribution < -0.4 is 0 Å². The van der Waals surface area contributed by atoms with Crippen LogP contribution in [0.25, 0.3) is 11.2 Å². The van der Waals surface area contributed by atoms with Crippen LogP contribution >= 0.6 is 23.1 Å². The van der Waals surface area contributed by atoms with Crippen LogP contribution in [0.4, 0.5) is 0 Å². The Morgan fingerprint density at radius 3 is 2.67 bits per heavy atom. The van der Waals surface area contributed by atoms with Gasteiger partial charge in [0.15, 0.2) is 9.99 Å². The summed E-state index contributed by atoms with van der Waals surface area (Å²) in [6.07, 6.45) is 3.33. The first-order valence-electron chi connectivity index (χ1n) is 5.42. The molecule has 3 aromatic rings. The first-order valence-corrected chi connectivity index (χ1v) is 7.05. The molecule has 0 aromatic carbocycles. The molecule has 0 saturated heterocycles. The van der Waals surface area contributed by atoms with Crippen molar-refractivity contribution in [1.82, 2.24) is 19.9 Å². The maximum atomic E-state index is 4.49. The second-order valence-corrected chi connectivity index (χ2v) is 6.24. The van der Waals surface area contributed by atoms with Crippen molar-refractivity contribution in [2.45, 2.75) is 23.2 Å². The molecule has 0 aliphatic heterocycles. The number of hydrogen-bond donors (Lipinski definition) is 0. The summed E-state index contributed by atoms with van der Waals surface area (Å²) in [5.41, 5.74) is 2.57. The van der Waals surface area contributed by atoms with E-state index in [4.69, 9.17) is 0 Å². The standard InChI is InChI=1S/C12H10N4S2/c1-7-8(2)17-12(15-7)18-10-4-3-9-11(16-10)14-6-5-13-9/h3-6H,1-2H3. The lowest BCUT2D eigenvalue weighted by atomic mass is 10.4. The van der Waals surface area contributed by atoms with Crippen molar-refractivity contribution in [3.63, 3.8) is 0 Å². The Labute approximate surface area is 113 Å². The molecule has 3 aromatic heterocycles. The van der Waals surface area contributed by atoms with E-state index in [1.165, 1.54) is 4.88 Å². The lowest BCUT2D eigenvalue weighted by Gasteiger charge is -1.98. The molecule has 0 fully saturated rings. The summed E-state index contributed by atoms with van der Waals surface area (Å²) in [5, 5.41) is 0.900. The average molecular weight is 274 g/mol. The number of aromatic nitrogens is 4. The summed E-state index contributed by atoms with van der Waals surface area (Å²) in [6, 6.07) is 3.89. The Balaban J connectivity index is 1.95. The van der Waals surface area contributed by atoms with Crippen molar-refractivity contribution in [3.8, 4) is 0 Å². The molecule has 0 unspecified atom stereocenters. The number of nitrogens with zero attached hydrogens (tertiary/aromatic N) is 4. The second kappa shape index (κ2) is 4.62. The van der Waals surface area contributed by atoms with E-state index in [1.807, 2.05) is 19.1 Å². The molecular weight excluding hydrogens is 264 g/mol. The molecule has 0 aliphatic carbocycles. The topological polar surface area (TPSA) is 51.6 Å². The highest BCUT2D eigenvalue weighted by Crippen LogP contribution is 2.31. The summed E-state index contributed by atoms with van der Waals surface area (Å²) < 4.78 is 1.01. The largest absolute Gasteiger partial charge is 0.251 e. The van der Waals surface area contributed by atoms with E-state index in [2.05, 4.69) is 26.9 Å². The normalized spacial score (nSPS) is 11.0. The van der Waals surface area contributed by atoms with Gasteiger partial charge in [0.1, 0.15) is 10.5 Å². The Kier molecular flexibility index (Phi) is 2.97. The number of thiazole rings is 1. The Morgan fingerprint density at radius 2 is 1.89 bits per heavy atom. The molecule has 4 nitrogen and oxygen atoms in total. The molecule has 3 rings (SSSR count). The van der Waals surface area contributed by atoms with Crippen LogP contribution in [0.2, 0.25) is 0 Å². The number of fused-ring (bicyclic) bond motifs is 1. The van der Waals surface area contributed by atoms with E-state index in [0.717, 1.165) is 20.6 Å². The fraction of sp³-hybridized carbons (Fsp3) is 0.167. The zero-order valence-corrected chi connectivity index (χ0v) is 11.5. The highest BCUT2D eigenvalue weighted by atomic mass is 32.2. The van der Waals surface area contributed by atoms with Crippen LogP contribution in [0.3, 0.4) is 0 Å². The monoisotopic (exact) mass is 274 g/mol. The third-order valence-corrected chi connectivity index (χ3v) is 4.58. The molecule has 18 heavy (non-hydrogen) atoms. The number of rotatable bonds is 2. The van der Waals surface area contributed by atoms with E-state index in [9.17, 15) is 0 Å². The fourth-order valence-corrected chi connectivity index (χ4v) is 3.54. The Morgan fingerprint density at radius 1 is 1.06 bits per heavy atom. The van der Waals surface area contributed by atoms with Crippen molar-refractivity contribution in [2.24, 2.45) is 0 Å². The zero-order valence-electron chi connectivity index (χ0n) is 9.91. The van der Waals surface area contributed by atoms with Crippen LogP contribution in [0, 0.1) is 13.8 Å². The maximum Gasteiger partial charge on any atom is 0.179 e. The first-order chi connectivity index (χ1) is 8.72. The van der Waals surface area contributed by atoms with Gasteiger partial charge in [-0.15, -0.1) is 11.3 Å². The minimum Gasteiger partial charge on any atom is -0.251 e. The van der Waals surface area contributed by atoms with Crippen LogP contribution in [0.5, 0.6) is 0 Å². The summed E-state index contributed by atoms with van der Waals surface area (Å²) in [4.78, 5) is 18.6. The maximum absolute atomic E-state index is 4.49. The molecule has 0 bridgehead atoms. The van der Waals surface area contributed by atoms with Gasteiger partial charge in [-0.1, -0.05) is 0 Å². The fourth-order valence-electron chi connectivity index (χ4n) is 1.47. The minimum atomic E-state index is 0.674. The lowest BCUT2D eigenvalue weighted by molar-refractivity contribution is 1.10. The molecular formula is C12H10N4S2. The van der Waals surface area contributed by atoms with Crippen LogP contribution in [0.1, 0.15) is 10.6 Å². The van der Waals surface area contributed by atoms with Gasteiger partial charge in [-0.3, -0.25) is 4.98 Å². The van der Waals surface area contributed by atoms with E-state index in [0.29, 0.717) is 5.65 Å². The van der Waals surface area contributed by atoms with Gasteiger partial charge in [0.05, 0.1) is 5.69 Å². The molecule has 0 saturated carbocycles. The van der Waals surface area contributed by atoms with E-state index >= 15 is 0 Å². The van der Waals surface area contributed by atoms with Crippen LogP contribution in [-0.2, 0) is 0 Å². The predicted molar refractivity (Wildman–Crippen MR) is 73.0 cm³/mol. The molecule has 0 atom stereocenters. The van der Waals surface area contributed by atoms with Gasteiger partial charge < -0.3 is 0 Å². The van der Waals surface area contributed by atoms with Crippen molar-refractivity contribution < 1.29 is 0 Å². The molecule has 0 radical (unpaired) electrons. The molecule has 0 amide bonds. The average Bonchev–Trinajstić information content (AvgIpc) is 2.68. The quantitative estimate of drug-likeness (QED) is 0.718. The van der Waals surface area contributed by atoms with Gasteiger partial charge in [-0.25, -0.2) is 15.0 Å². The first kappa shape index (κ1) is 11.6. The second-order valence-electron chi connectivity index (χ2n) is 3.77. The summed E-state index contributed by atoms with van der Waals surface area (Å²) in [7, 11) is 0.